The molecule has 0 unspecified atom stereocenters. The van der Waals surface area contributed by atoms with E-state index in [1.54, 1.807) is 55.5 Å². The maximum atomic E-state index is 12.7. The summed E-state index contributed by atoms with van der Waals surface area (Å²) in [5.41, 5.74) is 2.35. The lowest BCUT2D eigenvalue weighted by Gasteiger charge is -2.09. The van der Waals surface area contributed by atoms with Crippen molar-refractivity contribution in [1.29, 1.82) is 5.26 Å². The van der Waals surface area contributed by atoms with Crippen molar-refractivity contribution >= 4 is 29.6 Å². The van der Waals surface area contributed by atoms with Gasteiger partial charge in [-0.15, -0.1) is 0 Å². The van der Waals surface area contributed by atoms with Crippen LogP contribution in [-0.2, 0) is 9.53 Å². The number of benzene rings is 3. The van der Waals surface area contributed by atoms with Crippen molar-refractivity contribution < 1.29 is 23.9 Å². The fourth-order valence-electron chi connectivity index (χ4n) is 2.95. The average molecular weight is 454 g/mol. The van der Waals surface area contributed by atoms with Gasteiger partial charge in [0, 0.05) is 11.3 Å². The molecule has 3 aromatic carbocycles. The second-order valence-electron chi connectivity index (χ2n) is 7.22. The SMILES string of the molecule is CCOC(=O)c1ccc(NC(=O)/C(C#N)=C/c2ccccc2OC(=O)c2ccc(C)cc2)cc1. The van der Waals surface area contributed by atoms with Crippen LogP contribution in [0.4, 0.5) is 5.69 Å². The van der Waals surface area contributed by atoms with Crippen LogP contribution in [0, 0.1) is 18.3 Å². The number of anilines is 1. The zero-order valence-electron chi connectivity index (χ0n) is 18.7. The highest BCUT2D eigenvalue weighted by atomic mass is 16.5. The molecule has 0 aliphatic carbocycles. The van der Waals surface area contributed by atoms with Crippen molar-refractivity contribution in [3.05, 3.63) is 101 Å². The molecule has 0 aliphatic heterocycles. The number of hydrogen-bond donors (Lipinski definition) is 1. The topological polar surface area (TPSA) is 105 Å². The molecule has 0 fully saturated rings. The van der Waals surface area contributed by atoms with Gasteiger partial charge in [0.25, 0.3) is 5.91 Å². The standard InChI is InChI=1S/C27H22N2O5/c1-3-33-26(31)19-12-14-23(15-13-19)29-25(30)22(17-28)16-21-6-4-5-7-24(21)34-27(32)20-10-8-18(2)9-11-20/h4-16H,3H2,1-2H3,(H,29,30)/b22-16+. The van der Waals surface area contributed by atoms with E-state index in [0.29, 0.717) is 22.4 Å². The lowest BCUT2D eigenvalue weighted by molar-refractivity contribution is -0.112. The molecule has 7 nitrogen and oxygen atoms in total. The molecular weight excluding hydrogens is 432 g/mol. The quantitative estimate of drug-likeness (QED) is 0.235. The van der Waals surface area contributed by atoms with Crippen LogP contribution >= 0.6 is 0 Å². The minimum Gasteiger partial charge on any atom is -0.462 e. The van der Waals surface area contributed by atoms with Gasteiger partial charge in [0.05, 0.1) is 17.7 Å². The van der Waals surface area contributed by atoms with Crippen LogP contribution < -0.4 is 10.1 Å². The first kappa shape index (κ1) is 24.0. The lowest BCUT2D eigenvalue weighted by atomic mass is 10.1. The number of rotatable bonds is 7. The van der Waals surface area contributed by atoms with E-state index in [4.69, 9.17) is 9.47 Å². The van der Waals surface area contributed by atoms with Crippen molar-refractivity contribution in [3.63, 3.8) is 0 Å². The minimum absolute atomic E-state index is 0.187. The van der Waals surface area contributed by atoms with Gasteiger partial charge in [0.2, 0.25) is 0 Å². The Morgan fingerprint density at radius 3 is 2.18 bits per heavy atom. The van der Waals surface area contributed by atoms with Gasteiger partial charge in [-0.1, -0.05) is 35.9 Å². The number of carbonyl (C=O) groups is 3. The molecule has 3 aromatic rings. The van der Waals surface area contributed by atoms with Crippen molar-refractivity contribution in [3.8, 4) is 11.8 Å². The molecule has 0 heterocycles. The van der Waals surface area contributed by atoms with Gasteiger partial charge in [-0.3, -0.25) is 4.79 Å². The summed E-state index contributed by atoms with van der Waals surface area (Å²) in [6.45, 7) is 3.89. The van der Waals surface area contributed by atoms with Gasteiger partial charge in [0.15, 0.2) is 0 Å². The number of nitriles is 1. The summed E-state index contributed by atoms with van der Waals surface area (Å²) in [5, 5.41) is 12.2. The number of amides is 1. The first-order valence-corrected chi connectivity index (χ1v) is 10.5. The third kappa shape index (κ3) is 6.17. The highest BCUT2D eigenvalue weighted by Gasteiger charge is 2.14. The van der Waals surface area contributed by atoms with Crippen LogP contribution in [0.15, 0.2) is 78.4 Å². The van der Waals surface area contributed by atoms with Crippen molar-refractivity contribution in [1.82, 2.24) is 0 Å². The Labute approximate surface area is 197 Å². The smallest absolute Gasteiger partial charge is 0.343 e. The maximum Gasteiger partial charge on any atom is 0.343 e. The molecule has 1 amide bonds. The normalized spacial score (nSPS) is 10.7. The molecule has 7 heteroatoms. The third-order valence-corrected chi connectivity index (χ3v) is 4.73. The summed E-state index contributed by atoms with van der Waals surface area (Å²) in [6.07, 6.45) is 1.35. The Morgan fingerprint density at radius 1 is 0.912 bits per heavy atom. The molecule has 3 rings (SSSR count). The number of para-hydroxylation sites is 1. The van der Waals surface area contributed by atoms with Gasteiger partial charge in [0.1, 0.15) is 17.4 Å². The molecular formula is C27H22N2O5. The highest BCUT2D eigenvalue weighted by Crippen LogP contribution is 2.23. The Balaban J connectivity index is 1.76. The van der Waals surface area contributed by atoms with E-state index in [1.807, 2.05) is 13.0 Å². The molecule has 0 bridgehead atoms. The van der Waals surface area contributed by atoms with E-state index in [2.05, 4.69) is 5.32 Å². The Morgan fingerprint density at radius 2 is 1.53 bits per heavy atom. The summed E-state index contributed by atoms with van der Waals surface area (Å²) >= 11 is 0. The van der Waals surface area contributed by atoms with Crippen LogP contribution in [0.3, 0.4) is 0 Å². The number of esters is 2. The van der Waals surface area contributed by atoms with Crippen LogP contribution in [-0.4, -0.2) is 24.5 Å². The maximum absolute atomic E-state index is 12.7. The monoisotopic (exact) mass is 454 g/mol. The predicted molar refractivity (Wildman–Crippen MR) is 127 cm³/mol. The van der Waals surface area contributed by atoms with Gasteiger partial charge < -0.3 is 14.8 Å². The third-order valence-electron chi connectivity index (χ3n) is 4.73. The second-order valence-corrected chi connectivity index (χ2v) is 7.22. The summed E-state index contributed by atoms with van der Waals surface area (Å²) < 4.78 is 10.4. The van der Waals surface area contributed by atoms with E-state index in [-0.39, 0.29) is 17.9 Å². The molecule has 0 aromatic heterocycles. The van der Waals surface area contributed by atoms with Crippen LogP contribution in [0.25, 0.3) is 6.08 Å². The van der Waals surface area contributed by atoms with E-state index in [1.165, 1.54) is 30.3 Å². The molecule has 34 heavy (non-hydrogen) atoms. The second kappa shape index (κ2) is 11.2. The molecule has 1 N–H and O–H groups in total. The zero-order valence-corrected chi connectivity index (χ0v) is 18.7. The number of nitrogens with one attached hydrogen (secondary N) is 1. The van der Waals surface area contributed by atoms with Gasteiger partial charge >= 0.3 is 11.9 Å². The molecule has 0 radical (unpaired) electrons. The fraction of sp³-hybridized carbons (Fsp3) is 0.111. The van der Waals surface area contributed by atoms with Crippen LogP contribution in [0.5, 0.6) is 5.75 Å². The number of nitrogens with zero attached hydrogens (tertiary/aromatic N) is 1. The largest absolute Gasteiger partial charge is 0.462 e. The number of carbonyl (C=O) groups excluding carboxylic acids is 3. The first-order valence-electron chi connectivity index (χ1n) is 10.5. The molecule has 0 spiro atoms. The fourth-order valence-corrected chi connectivity index (χ4v) is 2.95. The van der Waals surface area contributed by atoms with Gasteiger partial charge in [-0.2, -0.15) is 5.26 Å². The predicted octanol–water partition coefficient (Wildman–Crippen LogP) is 4.94. The van der Waals surface area contributed by atoms with Gasteiger partial charge in [-0.25, -0.2) is 9.59 Å². The lowest BCUT2D eigenvalue weighted by Crippen LogP contribution is -2.14. The van der Waals surface area contributed by atoms with E-state index in [0.717, 1.165) is 5.56 Å². The molecule has 170 valence electrons. The number of ether oxygens (including phenoxy) is 2. The summed E-state index contributed by atoms with van der Waals surface area (Å²) in [6, 6.07) is 21.5. The van der Waals surface area contributed by atoms with Crippen molar-refractivity contribution in [2.75, 3.05) is 11.9 Å². The number of hydrogen-bond acceptors (Lipinski definition) is 6. The van der Waals surface area contributed by atoms with Crippen LogP contribution in [0.2, 0.25) is 0 Å². The summed E-state index contributed by atoms with van der Waals surface area (Å²) in [4.78, 5) is 36.9. The number of aryl methyl sites for hydroxylation is 1. The molecule has 0 saturated carbocycles. The average Bonchev–Trinajstić information content (AvgIpc) is 2.84. The van der Waals surface area contributed by atoms with Gasteiger partial charge in [-0.05, 0) is 62.4 Å². The first-order chi connectivity index (χ1) is 16.4. The summed E-state index contributed by atoms with van der Waals surface area (Å²) in [5.74, 6) is -1.45. The van der Waals surface area contributed by atoms with E-state index < -0.39 is 17.8 Å². The summed E-state index contributed by atoms with van der Waals surface area (Å²) in [7, 11) is 0. The Hall–Kier alpha value is -4.70. The molecule has 0 saturated heterocycles. The Bertz CT molecular complexity index is 1270. The molecule has 0 aliphatic rings. The van der Waals surface area contributed by atoms with Crippen LogP contribution in [0.1, 0.15) is 38.8 Å². The minimum atomic E-state index is -0.647. The van der Waals surface area contributed by atoms with Crippen molar-refractivity contribution in [2.45, 2.75) is 13.8 Å². The van der Waals surface area contributed by atoms with E-state index in [9.17, 15) is 19.6 Å². The Kier molecular flexibility index (Phi) is 7.93. The van der Waals surface area contributed by atoms with Crippen molar-refractivity contribution in [2.24, 2.45) is 0 Å². The van der Waals surface area contributed by atoms with E-state index >= 15 is 0 Å². The highest BCUT2D eigenvalue weighted by molar-refractivity contribution is 6.10. The molecule has 0 atom stereocenters. The zero-order chi connectivity index (χ0) is 24.5.